The molecule has 140 valence electrons. The van der Waals surface area contributed by atoms with Gasteiger partial charge in [-0.2, -0.15) is 0 Å². The molecule has 3 N–H and O–H groups in total. The Morgan fingerprint density at radius 2 is 1.09 bits per heavy atom. The zero-order chi connectivity index (χ0) is 18.1. The smallest absolute Gasteiger partial charge is 0.0137 e. The summed E-state index contributed by atoms with van der Waals surface area (Å²) in [6.45, 7) is 26.7. The zero-order valence-corrected chi connectivity index (χ0v) is 17.4. The Morgan fingerprint density at radius 3 is 1.52 bits per heavy atom. The van der Waals surface area contributed by atoms with E-state index >= 15 is 0 Å². The van der Waals surface area contributed by atoms with Gasteiger partial charge in [-0.15, -0.1) is 0 Å². The van der Waals surface area contributed by atoms with Gasteiger partial charge < -0.3 is 20.9 Å². The number of nitrogens with one attached hydrogen (secondary N) is 3. The van der Waals surface area contributed by atoms with Gasteiger partial charge in [0, 0.05) is 42.8 Å². The summed E-state index contributed by atoms with van der Waals surface area (Å²) in [6.07, 6.45) is 1.14. The van der Waals surface area contributed by atoms with Crippen LogP contribution in [0.3, 0.4) is 0 Å². The van der Waals surface area contributed by atoms with Crippen LogP contribution in [0.5, 0.6) is 0 Å². The number of rotatable bonds is 11. The lowest BCUT2D eigenvalue weighted by molar-refractivity contribution is 0.253. The van der Waals surface area contributed by atoms with Crippen LogP contribution in [0.25, 0.3) is 0 Å². The molecule has 4 nitrogen and oxygen atoms in total. The summed E-state index contributed by atoms with van der Waals surface area (Å²) >= 11 is 0. The van der Waals surface area contributed by atoms with Crippen LogP contribution in [0.2, 0.25) is 0 Å². The molecule has 0 saturated heterocycles. The second-order valence-corrected chi connectivity index (χ2v) is 9.35. The Balaban J connectivity index is 3.94. The van der Waals surface area contributed by atoms with Gasteiger partial charge in [-0.05, 0) is 74.9 Å². The van der Waals surface area contributed by atoms with Crippen LogP contribution in [0.15, 0.2) is 0 Å². The second-order valence-electron chi connectivity index (χ2n) is 9.35. The Hall–Kier alpha value is -0.160. The predicted molar refractivity (Wildman–Crippen MR) is 104 cm³/mol. The number of likely N-dealkylation sites (N-methyl/N-ethyl adjacent to an activating group) is 1. The van der Waals surface area contributed by atoms with Crippen molar-refractivity contribution in [2.75, 3.05) is 39.3 Å². The van der Waals surface area contributed by atoms with Crippen molar-refractivity contribution < 1.29 is 0 Å². The Bertz CT molecular complexity index is 299. The highest BCUT2D eigenvalue weighted by Crippen LogP contribution is 2.08. The van der Waals surface area contributed by atoms with Gasteiger partial charge in [0.15, 0.2) is 0 Å². The molecule has 0 heterocycles. The Kier molecular flexibility index (Phi) is 9.90. The summed E-state index contributed by atoms with van der Waals surface area (Å²) in [5.74, 6) is 0. The van der Waals surface area contributed by atoms with Crippen LogP contribution in [-0.2, 0) is 0 Å². The molecule has 0 amide bonds. The SMILES string of the molecule is CCN(CCNC(C)(C)C)CCNC(C)(C)CCNC(C)(C)C. The molecule has 0 aliphatic heterocycles. The molecule has 0 spiro atoms. The summed E-state index contributed by atoms with van der Waals surface area (Å²) in [7, 11) is 0. The quantitative estimate of drug-likeness (QED) is 0.545. The van der Waals surface area contributed by atoms with E-state index in [9.17, 15) is 0 Å². The van der Waals surface area contributed by atoms with Gasteiger partial charge in [0.05, 0.1) is 0 Å². The van der Waals surface area contributed by atoms with E-state index in [2.05, 4.69) is 83.2 Å². The summed E-state index contributed by atoms with van der Waals surface area (Å²) < 4.78 is 0. The predicted octanol–water partition coefficient (Wildman–Crippen LogP) is 2.84. The first-order valence-electron chi connectivity index (χ1n) is 9.32. The summed E-state index contributed by atoms with van der Waals surface area (Å²) in [5.41, 5.74) is 0.593. The molecule has 0 unspecified atom stereocenters. The van der Waals surface area contributed by atoms with E-state index < -0.39 is 0 Å². The van der Waals surface area contributed by atoms with E-state index in [-0.39, 0.29) is 16.6 Å². The van der Waals surface area contributed by atoms with Crippen LogP contribution in [-0.4, -0.2) is 60.8 Å². The van der Waals surface area contributed by atoms with Crippen molar-refractivity contribution in [3.05, 3.63) is 0 Å². The van der Waals surface area contributed by atoms with E-state index in [1.165, 1.54) is 0 Å². The first-order chi connectivity index (χ1) is 10.3. The third-order valence-corrected chi connectivity index (χ3v) is 3.97. The number of hydrogen-bond acceptors (Lipinski definition) is 4. The molecular formula is C19H44N4. The molecule has 4 heteroatoms. The fourth-order valence-corrected chi connectivity index (χ4v) is 2.41. The summed E-state index contributed by atoms with van der Waals surface area (Å²) in [4.78, 5) is 2.51. The summed E-state index contributed by atoms with van der Waals surface area (Å²) in [6, 6.07) is 0. The van der Waals surface area contributed by atoms with E-state index in [0.717, 1.165) is 45.7 Å². The van der Waals surface area contributed by atoms with Crippen LogP contribution in [0, 0.1) is 0 Å². The van der Waals surface area contributed by atoms with Gasteiger partial charge in [0.2, 0.25) is 0 Å². The molecule has 0 radical (unpaired) electrons. The molecule has 0 aliphatic rings. The number of nitrogens with zero attached hydrogens (tertiary/aromatic N) is 1. The number of hydrogen-bond donors (Lipinski definition) is 3. The zero-order valence-electron chi connectivity index (χ0n) is 17.4. The average molecular weight is 329 g/mol. The molecular weight excluding hydrogens is 284 g/mol. The van der Waals surface area contributed by atoms with Gasteiger partial charge in [0.25, 0.3) is 0 Å². The Morgan fingerprint density at radius 1 is 0.652 bits per heavy atom. The maximum absolute atomic E-state index is 3.71. The van der Waals surface area contributed by atoms with E-state index in [0.29, 0.717) is 0 Å². The first kappa shape index (κ1) is 22.8. The molecule has 0 rings (SSSR count). The third-order valence-electron chi connectivity index (χ3n) is 3.97. The average Bonchev–Trinajstić information content (AvgIpc) is 2.33. The van der Waals surface area contributed by atoms with E-state index in [1.807, 2.05) is 0 Å². The van der Waals surface area contributed by atoms with Crippen LogP contribution < -0.4 is 16.0 Å². The van der Waals surface area contributed by atoms with Gasteiger partial charge in [-0.3, -0.25) is 0 Å². The lowest BCUT2D eigenvalue weighted by atomic mass is 9.99. The minimum atomic E-state index is 0.182. The standard InChI is InChI=1S/C19H44N4/c1-10-23(15-13-21-18(5,6)7)16-14-22-19(8,9)11-12-20-17(2,3)4/h20-22H,10-16H2,1-9H3. The van der Waals surface area contributed by atoms with Crippen molar-refractivity contribution in [3.8, 4) is 0 Å². The van der Waals surface area contributed by atoms with Crippen LogP contribution in [0.4, 0.5) is 0 Å². The second kappa shape index (κ2) is 9.97. The van der Waals surface area contributed by atoms with E-state index in [1.54, 1.807) is 0 Å². The van der Waals surface area contributed by atoms with Crippen molar-refractivity contribution in [2.45, 2.75) is 85.4 Å². The molecule has 0 fully saturated rings. The van der Waals surface area contributed by atoms with Gasteiger partial charge in [-0.25, -0.2) is 0 Å². The molecule has 0 aromatic carbocycles. The minimum Gasteiger partial charge on any atom is -0.312 e. The molecule has 23 heavy (non-hydrogen) atoms. The molecule has 0 atom stereocenters. The monoisotopic (exact) mass is 328 g/mol. The van der Waals surface area contributed by atoms with Crippen molar-refractivity contribution in [1.82, 2.24) is 20.9 Å². The van der Waals surface area contributed by atoms with Crippen molar-refractivity contribution in [2.24, 2.45) is 0 Å². The molecule has 0 aromatic rings. The van der Waals surface area contributed by atoms with Gasteiger partial charge >= 0.3 is 0 Å². The van der Waals surface area contributed by atoms with Crippen molar-refractivity contribution >= 4 is 0 Å². The molecule has 0 aromatic heterocycles. The van der Waals surface area contributed by atoms with Crippen molar-refractivity contribution in [1.29, 1.82) is 0 Å². The molecule has 0 aliphatic carbocycles. The minimum absolute atomic E-state index is 0.182. The van der Waals surface area contributed by atoms with Gasteiger partial charge in [-0.1, -0.05) is 6.92 Å². The van der Waals surface area contributed by atoms with Gasteiger partial charge in [0.1, 0.15) is 0 Å². The van der Waals surface area contributed by atoms with Crippen LogP contribution >= 0.6 is 0 Å². The summed E-state index contributed by atoms with van der Waals surface area (Å²) in [5, 5.41) is 10.9. The third kappa shape index (κ3) is 15.1. The lowest BCUT2D eigenvalue weighted by Crippen LogP contribution is -2.48. The fourth-order valence-electron chi connectivity index (χ4n) is 2.41. The van der Waals surface area contributed by atoms with Crippen molar-refractivity contribution in [3.63, 3.8) is 0 Å². The lowest BCUT2D eigenvalue weighted by Gasteiger charge is -2.31. The topological polar surface area (TPSA) is 39.3 Å². The maximum atomic E-state index is 3.71. The Labute approximate surface area is 146 Å². The highest BCUT2D eigenvalue weighted by molar-refractivity contribution is 4.81. The molecule has 0 bridgehead atoms. The van der Waals surface area contributed by atoms with E-state index in [4.69, 9.17) is 0 Å². The largest absolute Gasteiger partial charge is 0.312 e. The van der Waals surface area contributed by atoms with Crippen LogP contribution in [0.1, 0.15) is 68.7 Å². The molecule has 0 saturated carbocycles. The normalized spacial score (nSPS) is 13.8. The maximum Gasteiger partial charge on any atom is 0.0137 e. The fraction of sp³-hybridized carbons (Fsp3) is 1.00. The highest BCUT2D eigenvalue weighted by atomic mass is 15.2. The highest BCUT2D eigenvalue weighted by Gasteiger charge is 2.18. The first-order valence-corrected chi connectivity index (χ1v) is 9.32.